The lowest BCUT2D eigenvalue weighted by Crippen LogP contribution is -2.50. The van der Waals surface area contributed by atoms with Crippen molar-refractivity contribution in [3.05, 3.63) is 144 Å². The Morgan fingerprint density at radius 2 is 0.767 bits per heavy atom. The van der Waals surface area contributed by atoms with Crippen LogP contribution in [-0.2, 0) is 28.7 Å². The molecule has 0 saturated heterocycles. The van der Waals surface area contributed by atoms with Gasteiger partial charge in [0, 0.05) is 6.92 Å². The number of hydrogen-bond acceptors (Lipinski definition) is 6. The first kappa shape index (κ1) is 44.7. The fraction of sp³-hybridized carbons (Fsp3) is 0.314. The SMILES string of the molecule is CC(=O)N(CC(=O)N(CC(=O)N(CC(=O)OC(C)(C)C)[C@@H](C)c1cccc2ccccc12)[C@@H](C)c1cccc2ccccc12)[C@@H](C)c1cccc2ccccc12.CC(C)=O. The Balaban J connectivity index is 0.00000163. The molecular weight excluding hydrogens is 751 g/mol. The molecule has 6 aromatic rings. The molecule has 0 bridgehead atoms. The predicted molar refractivity (Wildman–Crippen MR) is 240 cm³/mol. The fourth-order valence-electron chi connectivity index (χ4n) is 7.74. The van der Waals surface area contributed by atoms with Gasteiger partial charge in [-0.15, -0.1) is 0 Å². The summed E-state index contributed by atoms with van der Waals surface area (Å²) >= 11 is 0. The zero-order chi connectivity index (χ0) is 43.7. The van der Waals surface area contributed by atoms with E-state index in [2.05, 4.69) is 0 Å². The van der Waals surface area contributed by atoms with Crippen LogP contribution >= 0.6 is 0 Å². The van der Waals surface area contributed by atoms with Crippen LogP contribution < -0.4 is 0 Å². The molecule has 0 unspecified atom stereocenters. The summed E-state index contributed by atoms with van der Waals surface area (Å²) in [7, 11) is 0. The maximum absolute atomic E-state index is 14.9. The second-order valence-corrected chi connectivity index (χ2v) is 16.4. The van der Waals surface area contributed by atoms with Crippen LogP contribution in [0, 0.1) is 0 Å². The number of fused-ring (bicyclic) bond motifs is 3. The molecule has 0 aliphatic heterocycles. The second-order valence-electron chi connectivity index (χ2n) is 16.4. The van der Waals surface area contributed by atoms with Crippen LogP contribution in [0.2, 0.25) is 0 Å². The Morgan fingerprint density at radius 1 is 0.467 bits per heavy atom. The molecular formula is C51H57N3O6. The van der Waals surface area contributed by atoms with E-state index < -0.39 is 41.5 Å². The number of hydrogen-bond donors (Lipinski definition) is 0. The summed E-state index contributed by atoms with van der Waals surface area (Å²) < 4.78 is 5.73. The molecule has 6 rings (SSSR count). The van der Waals surface area contributed by atoms with Crippen LogP contribution in [-0.4, -0.2) is 69.4 Å². The van der Waals surface area contributed by atoms with E-state index >= 15 is 0 Å². The van der Waals surface area contributed by atoms with Crippen LogP contribution in [0.3, 0.4) is 0 Å². The first-order chi connectivity index (χ1) is 28.5. The molecule has 60 heavy (non-hydrogen) atoms. The Hall–Kier alpha value is -6.35. The van der Waals surface area contributed by atoms with Gasteiger partial charge in [0.15, 0.2) is 0 Å². The second kappa shape index (κ2) is 19.6. The molecule has 0 radical (unpaired) electrons. The van der Waals surface area contributed by atoms with Gasteiger partial charge in [-0.2, -0.15) is 0 Å². The highest BCUT2D eigenvalue weighted by atomic mass is 16.6. The van der Waals surface area contributed by atoms with Gasteiger partial charge in [0.1, 0.15) is 31.0 Å². The van der Waals surface area contributed by atoms with E-state index in [0.717, 1.165) is 49.0 Å². The minimum Gasteiger partial charge on any atom is -0.459 e. The van der Waals surface area contributed by atoms with Crippen molar-refractivity contribution in [2.45, 2.75) is 86.0 Å². The lowest BCUT2D eigenvalue weighted by atomic mass is 9.97. The Labute approximate surface area is 353 Å². The molecule has 9 heteroatoms. The number of ether oxygens (including phenoxy) is 1. The van der Waals surface area contributed by atoms with Crippen molar-refractivity contribution < 1.29 is 28.7 Å². The normalized spacial score (nSPS) is 12.8. The predicted octanol–water partition coefficient (Wildman–Crippen LogP) is 10.2. The number of carbonyl (C=O) groups is 5. The Kier molecular flexibility index (Phi) is 14.6. The van der Waals surface area contributed by atoms with Gasteiger partial charge in [-0.05, 0) is 104 Å². The Morgan fingerprint density at radius 3 is 1.12 bits per heavy atom. The quantitative estimate of drug-likeness (QED) is 0.114. The van der Waals surface area contributed by atoms with Gasteiger partial charge < -0.3 is 24.2 Å². The van der Waals surface area contributed by atoms with Crippen LogP contribution in [0.5, 0.6) is 0 Å². The molecule has 0 aliphatic carbocycles. The van der Waals surface area contributed by atoms with E-state index in [1.165, 1.54) is 25.7 Å². The number of Topliss-reactive ketones (excluding diaryl/α,β-unsaturated/α-hetero) is 1. The van der Waals surface area contributed by atoms with Gasteiger partial charge >= 0.3 is 5.97 Å². The number of amides is 3. The fourth-order valence-corrected chi connectivity index (χ4v) is 7.74. The lowest BCUT2D eigenvalue weighted by molar-refractivity contribution is -0.160. The van der Waals surface area contributed by atoms with Gasteiger partial charge in [0.25, 0.3) is 0 Å². The minimum absolute atomic E-state index is 0.167. The van der Waals surface area contributed by atoms with Crippen molar-refractivity contribution >= 4 is 61.8 Å². The monoisotopic (exact) mass is 807 g/mol. The third kappa shape index (κ3) is 11.0. The number of esters is 1. The lowest BCUT2D eigenvalue weighted by Gasteiger charge is -2.37. The highest BCUT2D eigenvalue weighted by Crippen LogP contribution is 2.33. The average Bonchev–Trinajstić information content (AvgIpc) is 3.21. The zero-order valence-corrected chi connectivity index (χ0v) is 36.3. The number of rotatable bonds is 12. The summed E-state index contributed by atoms with van der Waals surface area (Å²) in [4.78, 5) is 70.7. The summed E-state index contributed by atoms with van der Waals surface area (Å²) in [5.41, 5.74) is 1.88. The van der Waals surface area contributed by atoms with E-state index in [9.17, 15) is 24.0 Å². The molecule has 3 atom stereocenters. The summed E-state index contributed by atoms with van der Waals surface area (Å²) in [6.07, 6.45) is 0. The third-order valence-corrected chi connectivity index (χ3v) is 10.6. The Bertz CT molecular complexity index is 2490. The van der Waals surface area contributed by atoms with E-state index in [1.54, 1.807) is 30.6 Å². The minimum atomic E-state index is -0.768. The summed E-state index contributed by atoms with van der Waals surface area (Å²) in [6.45, 7) is 14.7. The first-order valence-electron chi connectivity index (χ1n) is 20.4. The molecule has 0 fully saturated rings. The van der Waals surface area contributed by atoms with E-state index in [-0.39, 0.29) is 31.3 Å². The molecule has 0 N–H and O–H groups in total. The van der Waals surface area contributed by atoms with Gasteiger partial charge in [0.2, 0.25) is 17.7 Å². The van der Waals surface area contributed by atoms with Crippen LogP contribution in [0.1, 0.15) is 97.1 Å². The number of carbonyl (C=O) groups excluding carboxylic acids is 5. The molecule has 0 saturated carbocycles. The van der Waals surface area contributed by atoms with Gasteiger partial charge in [0.05, 0.1) is 18.1 Å². The molecule has 3 amide bonds. The van der Waals surface area contributed by atoms with Crippen LogP contribution in [0.15, 0.2) is 127 Å². The molecule has 0 aliphatic rings. The van der Waals surface area contributed by atoms with Crippen LogP contribution in [0.25, 0.3) is 32.3 Å². The van der Waals surface area contributed by atoms with Crippen molar-refractivity contribution in [3.8, 4) is 0 Å². The molecule has 6 aromatic carbocycles. The zero-order valence-electron chi connectivity index (χ0n) is 36.3. The first-order valence-corrected chi connectivity index (χ1v) is 20.4. The van der Waals surface area contributed by atoms with E-state index in [1.807, 2.05) is 148 Å². The van der Waals surface area contributed by atoms with E-state index in [0.29, 0.717) is 0 Å². The van der Waals surface area contributed by atoms with Crippen LogP contribution in [0.4, 0.5) is 0 Å². The molecule has 0 spiro atoms. The average molecular weight is 808 g/mol. The number of benzene rings is 6. The molecule has 312 valence electrons. The highest BCUT2D eigenvalue weighted by Gasteiger charge is 2.34. The number of ketones is 1. The van der Waals surface area contributed by atoms with E-state index in [4.69, 9.17) is 4.74 Å². The maximum atomic E-state index is 14.9. The topological polar surface area (TPSA) is 104 Å². The van der Waals surface area contributed by atoms with Crippen molar-refractivity contribution in [1.82, 2.24) is 14.7 Å². The molecule has 9 nitrogen and oxygen atoms in total. The van der Waals surface area contributed by atoms with Crippen molar-refractivity contribution in [2.75, 3.05) is 19.6 Å². The molecule has 0 heterocycles. The van der Waals surface area contributed by atoms with Crippen molar-refractivity contribution in [1.29, 1.82) is 0 Å². The summed E-state index contributed by atoms with van der Waals surface area (Å²) in [5, 5.41) is 5.96. The summed E-state index contributed by atoms with van der Waals surface area (Å²) in [5.74, 6) is -1.46. The number of nitrogens with zero attached hydrogens (tertiary/aromatic N) is 3. The summed E-state index contributed by atoms with van der Waals surface area (Å²) in [6, 6.07) is 40.1. The largest absolute Gasteiger partial charge is 0.459 e. The smallest absolute Gasteiger partial charge is 0.326 e. The molecule has 0 aromatic heterocycles. The van der Waals surface area contributed by atoms with Gasteiger partial charge in [-0.25, -0.2) is 0 Å². The highest BCUT2D eigenvalue weighted by molar-refractivity contribution is 5.93. The van der Waals surface area contributed by atoms with Gasteiger partial charge in [-0.1, -0.05) is 127 Å². The third-order valence-electron chi connectivity index (χ3n) is 10.6. The van der Waals surface area contributed by atoms with Gasteiger partial charge in [-0.3, -0.25) is 19.2 Å². The standard InChI is InChI=1S/C48H51N3O5.C3H6O/c1-32(39-26-14-20-36-17-8-11-23-42(36)39)49(35(4)52)29-45(53)50(33(2)40-27-15-21-37-18-9-12-24-43(37)40)30-46(54)51(31-47(55)56-48(5,6)7)34(3)41-28-16-22-38-19-10-13-25-44(38)41;1-3(2)4/h8-28,32-34H,29-31H2,1-7H3;1-2H3/t32-,33-,34-;/m0./s1. The van der Waals surface area contributed by atoms with Crippen molar-refractivity contribution in [2.24, 2.45) is 0 Å². The maximum Gasteiger partial charge on any atom is 0.326 e. The van der Waals surface area contributed by atoms with Crippen molar-refractivity contribution in [3.63, 3.8) is 0 Å².